The Kier molecular flexibility index (Phi) is 4.99. The Balaban J connectivity index is 2.27. The van der Waals surface area contributed by atoms with Crippen molar-refractivity contribution in [2.45, 2.75) is 26.2 Å². The highest BCUT2D eigenvalue weighted by Crippen LogP contribution is 2.26. The molecule has 5 heteroatoms. The van der Waals surface area contributed by atoms with Crippen molar-refractivity contribution in [3.05, 3.63) is 41.5 Å². The van der Waals surface area contributed by atoms with E-state index in [-0.39, 0.29) is 22.8 Å². The number of hydrogen-bond donors (Lipinski definition) is 3. The number of phenols is 1. The van der Waals surface area contributed by atoms with Gasteiger partial charge in [0.15, 0.2) is 0 Å². The summed E-state index contributed by atoms with van der Waals surface area (Å²) in [6, 6.07) is 7.56. The molecule has 0 saturated heterocycles. The smallest absolute Gasteiger partial charge is 0.335 e. The highest BCUT2D eigenvalue weighted by atomic mass is 16.4. The SMILES string of the molecule is CCCCCNC(=O)c1cc2cc(C(=O)O)ccc2cc1O. The van der Waals surface area contributed by atoms with Crippen LogP contribution in [-0.2, 0) is 0 Å². The van der Waals surface area contributed by atoms with Gasteiger partial charge in [0.2, 0.25) is 0 Å². The van der Waals surface area contributed by atoms with Crippen molar-refractivity contribution in [2.24, 2.45) is 0 Å². The van der Waals surface area contributed by atoms with E-state index in [4.69, 9.17) is 5.11 Å². The van der Waals surface area contributed by atoms with Gasteiger partial charge >= 0.3 is 5.97 Å². The number of carbonyl (C=O) groups is 2. The number of carboxylic acid groups (broad SMARTS) is 1. The van der Waals surface area contributed by atoms with Crippen LogP contribution in [0, 0.1) is 0 Å². The number of aromatic hydroxyl groups is 1. The molecule has 0 unspecified atom stereocenters. The molecule has 116 valence electrons. The van der Waals surface area contributed by atoms with Crippen LogP contribution in [0.15, 0.2) is 30.3 Å². The van der Waals surface area contributed by atoms with E-state index in [0.717, 1.165) is 19.3 Å². The van der Waals surface area contributed by atoms with Crippen LogP contribution in [0.5, 0.6) is 5.75 Å². The summed E-state index contributed by atoms with van der Waals surface area (Å²) in [4.78, 5) is 23.1. The third-order valence-corrected chi connectivity index (χ3v) is 3.51. The number of nitrogens with one attached hydrogen (secondary N) is 1. The first kappa shape index (κ1) is 15.8. The highest BCUT2D eigenvalue weighted by molar-refractivity contribution is 6.02. The number of aromatic carboxylic acids is 1. The van der Waals surface area contributed by atoms with Gasteiger partial charge in [-0.2, -0.15) is 0 Å². The molecule has 5 nitrogen and oxygen atoms in total. The monoisotopic (exact) mass is 301 g/mol. The third kappa shape index (κ3) is 3.55. The van der Waals surface area contributed by atoms with Crippen molar-refractivity contribution < 1.29 is 19.8 Å². The molecule has 0 aliphatic rings. The highest BCUT2D eigenvalue weighted by Gasteiger charge is 2.13. The van der Waals surface area contributed by atoms with Crippen molar-refractivity contribution in [2.75, 3.05) is 6.54 Å². The van der Waals surface area contributed by atoms with E-state index in [1.54, 1.807) is 6.07 Å². The molecule has 0 aromatic heterocycles. The molecule has 2 aromatic rings. The molecule has 0 aliphatic heterocycles. The van der Waals surface area contributed by atoms with E-state index in [9.17, 15) is 14.7 Å². The molecule has 0 spiro atoms. The van der Waals surface area contributed by atoms with E-state index in [1.807, 2.05) is 0 Å². The van der Waals surface area contributed by atoms with E-state index >= 15 is 0 Å². The summed E-state index contributed by atoms with van der Waals surface area (Å²) in [5.41, 5.74) is 0.305. The quantitative estimate of drug-likeness (QED) is 0.715. The average molecular weight is 301 g/mol. The maximum atomic E-state index is 12.1. The topological polar surface area (TPSA) is 86.6 Å². The molecule has 0 aliphatic carbocycles. The van der Waals surface area contributed by atoms with Crippen LogP contribution in [0.25, 0.3) is 10.8 Å². The number of carbonyl (C=O) groups excluding carboxylic acids is 1. The molecule has 0 radical (unpaired) electrons. The normalized spacial score (nSPS) is 10.6. The molecule has 0 atom stereocenters. The second-order valence-electron chi connectivity index (χ2n) is 5.20. The summed E-state index contributed by atoms with van der Waals surface area (Å²) in [6.45, 7) is 2.64. The standard InChI is InChI=1S/C17H19NO4/c1-2-3-4-7-18-16(20)14-9-13-8-12(17(21)22)6-5-11(13)10-15(14)19/h5-6,8-10,19H,2-4,7H2,1H3,(H,18,20)(H,21,22). The van der Waals surface area contributed by atoms with Gasteiger partial charge in [0.05, 0.1) is 11.1 Å². The first-order valence-corrected chi connectivity index (χ1v) is 7.31. The Morgan fingerprint density at radius 3 is 2.55 bits per heavy atom. The predicted octanol–water partition coefficient (Wildman–Crippen LogP) is 3.16. The fourth-order valence-electron chi connectivity index (χ4n) is 2.27. The maximum Gasteiger partial charge on any atom is 0.335 e. The van der Waals surface area contributed by atoms with E-state index in [0.29, 0.717) is 17.3 Å². The third-order valence-electron chi connectivity index (χ3n) is 3.51. The number of unbranched alkanes of at least 4 members (excludes halogenated alkanes) is 2. The summed E-state index contributed by atoms with van der Waals surface area (Å²) in [7, 11) is 0. The van der Waals surface area contributed by atoms with Crippen molar-refractivity contribution in [3.63, 3.8) is 0 Å². The first-order chi connectivity index (χ1) is 10.5. The van der Waals surface area contributed by atoms with Crippen molar-refractivity contribution in [1.82, 2.24) is 5.32 Å². The van der Waals surface area contributed by atoms with Gasteiger partial charge in [-0.05, 0) is 41.5 Å². The number of hydrogen-bond acceptors (Lipinski definition) is 3. The second-order valence-corrected chi connectivity index (χ2v) is 5.20. The molecule has 0 saturated carbocycles. The minimum Gasteiger partial charge on any atom is -0.507 e. The zero-order valence-corrected chi connectivity index (χ0v) is 12.4. The van der Waals surface area contributed by atoms with Gasteiger partial charge < -0.3 is 15.5 Å². The summed E-state index contributed by atoms with van der Waals surface area (Å²) in [6.07, 6.45) is 2.99. The number of rotatable bonds is 6. The molecule has 0 fully saturated rings. The summed E-state index contributed by atoms with van der Waals surface area (Å²) in [5, 5.41) is 23.1. The van der Waals surface area contributed by atoms with Crippen LogP contribution < -0.4 is 5.32 Å². The lowest BCUT2D eigenvalue weighted by molar-refractivity contribution is 0.0696. The Morgan fingerprint density at radius 2 is 1.86 bits per heavy atom. The maximum absolute atomic E-state index is 12.1. The lowest BCUT2D eigenvalue weighted by Crippen LogP contribution is -2.24. The van der Waals surface area contributed by atoms with Gasteiger partial charge in [-0.25, -0.2) is 4.79 Å². The van der Waals surface area contributed by atoms with E-state index in [1.165, 1.54) is 24.3 Å². The van der Waals surface area contributed by atoms with Crippen LogP contribution >= 0.6 is 0 Å². The van der Waals surface area contributed by atoms with E-state index < -0.39 is 5.97 Å². The van der Waals surface area contributed by atoms with E-state index in [2.05, 4.69) is 12.2 Å². The first-order valence-electron chi connectivity index (χ1n) is 7.31. The summed E-state index contributed by atoms with van der Waals surface area (Å²) in [5.74, 6) is -1.49. The Labute approximate surface area is 128 Å². The molecule has 0 bridgehead atoms. The molecular weight excluding hydrogens is 282 g/mol. The minimum absolute atomic E-state index is 0.108. The number of carboxylic acids is 1. The molecule has 22 heavy (non-hydrogen) atoms. The van der Waals surface area contributed by atoms with Gasteiger partial charge in [0.25, 0.3) is 5.91 Å². The molecule has 1 amide bonds. The molecule has 2 rings (SSSR count). The van der Waals surface area contributed by atoms with Gasteiger partial charge in [0, 0.05) is 6.54 Å². The zero-order chi connectivity index (χ0) is 16.1. The Hall–Kier alpha value is -2.56. The van der Waals surface area contributed by atoms with Crippen LogP contribution in [-0.4, -0.2) is 28.6 Å². The summed E-state index contributed by atoms with van der Waals surface area (Å²) >= 11 is 0. The fourth-order valence-corrected chi connectivity index (χ4v) is 2.27. The fraction of sp³-hybridized carbons (Fsp3) is 0.294. The van der Waals surface area contributed by atoms with Crippen LogP contribution in [0.4, 0.5) is 0 Å². The Morgan fingerprint density at radius 1 is 1.09 bits per heavy atom. The molecule has 2 aromatic carbocycles. The average Bonchev–Trinajstić information content (AvgIpc) is 2.50. The van der Waals surface area contributed by atoms with Crippen LogP contribution in [0.1, 0.15) is 46.9 Å². The number of benzene rings is 2. The number of fused-ring (bicyclic) bond motifs is 1. The number of phenolic OH excluding ortho intramolecular Hbond substituents is 1. The summed E-state index contributed by atoms with van der Waals surface area (Å²) < 4.78 is 0. The predicted molar refractivity (Wildman–Crippen MR) is 84.4 cm³/mol. The van der Waals surface area contributed by atoms with Crippen molar-refractivity contribution >= 4 is 22.6 Å². The van der Waals surface area contributed by atoms with Crippen molar-refractivity contribution in [3.8, 4) is 5.75 Å². The molecule has 0 heterocycles. The largest absolute Gasteiger partial charge is 0.507 e. The van der Waals surface area contributed by atoms with Crippen LogP contribution in [0.2, 0.25) is 0 Å². The van der Waals surface area contributed by atoms with Gasteiger partial charge in [-0.15, -0.1) is 0 Å². The van der Waals surface area contributed by atoms with Gasteiger partial charge in [-0.1, -0.05) is 25.8 Å². The van der Waals surface area contributed by atoms with Gasteiger partial charge in [0.1, 0.15) is 5.75 Å². The molecular formula is C17H19NO4. The van der Waals surface area contributed by atoms with Crippen molar-refractivity contribution in [1.29, 1.82) is 0 Å². The molecule has 3 N–H and O–H groups in total. The zero-order valence-electron chi connectivity index (χ0n) is 12.4. The Bertz CT molecular complexity index is 709. The lowest BCUT2D eigenvalue weighted by Gasteiger charge is -2.09. The van der Waals surface area contributed by atoms with Crippen LogP contribution in [0.3, 0.4) is 0 Å². The lowest BCUT2D eigenvalue weighted by atomic mass is 10.0. The van der Waals surface area contributed by atoms with Gasteiger partial charge in [-0.3, -0.25) is 4.79 Å². The minimum atomic E-state index is -1.03. The number of amides is 1. The second kappa shape index (κ2) is 6.93.